The molecule has 1 aromatic heterocycles. The van der Waals surface area contributed by atoms with E-state index in [9.17, 15) is 4.79 Å². The summed E-state index contributed by atoms with van der Waals surface area (Å²) in [7, 11) is 0. The molecule has 24 heavy (non-hydrogen) atoms. The molecule has 1 saturated heterocycles. The van der Waals surface area contributed by atoms with Crippen molar-refractivity contribution >= 4 is 17.2 Å². The topological polar surface area (TPSA) is 23.6 Å². The van der Waals surface area contributed by atoms with E-state index in [2.05, 4.69) is 34.5 Å². The van der Waals surface area contributed by atoms with Crippen LogP contribution in [0.1, 0.15) is 46.5 Å². The van der Waals surface area contributed by atoms with Gasteiger partial charge in [0.15, 0.2) is 0 Å². The van der Waals surface area contributed by atoms with Gasteiger partial charge in [-0.15, -0.1) is 11.3 Å². The number of likely N-dealkylation sites (tertiary alicyclic amines) is 1. The molecule has 1 aliphatic heterocycles. The van der Waals surface area contributed by atoms with Crippen molar-refractivity contribution in [2.45, 2.75) is 44.8 Å². The lowest BCUT2D eigenvalue weighted by Crippen LogP contribution is -2.27. The Morgan fingerprint density at radius 1 is 1.08 bits per heavy atom. The number of carbonyl (C=O) groups is 1. The van der Waals surface area contributed by atoms with Crippen LogP contribution in [-0.2, 0) is 13.1 Å². The van der Waals surface area contributed by atoms with Crippen LogP contribution in [0.3, 0.4) is 0 Å². The van der Waals surface area contributed by atoms with E-state index < -0.39 is 0 Å². The van der Waals surface area contributed by atoms with Crippen molar-refractivity contribution in [3.05, 3.63) is 57.8 Å². The van der Waals surface area contributed by atoms with Crippen LogP contribution in [-0.4, -0.2) is 34.8 Å². The van der Waals surface area contributed by atoms with Gasteiger partial charge in [0.1, 0.15) is 0 Å². The first kappa shape index (κ1) is 15.9. The lowest BCUT2D eigenvalue weighted by atomic mass is 10.1. The minimum absolute atomic E-state index is 0.191. The number of rotatable bonds is 6. The molecule has 0 unspecified atom stereocenters. The van der Waals surface area contributed by atoms with Crippen molar-refractivity contribution in [3.8, 4) is 0 Å². The van der Waals surface area contributed by atoms with Crippen LogP contribution in [0.15, 0.2) is 41.8 Å². The van der Waals surface area contributed by atoms with Gasteiger partial charge in [0, 0.05) is 42.7 Å². The molecule has 2 heterocycles. The second kappa shape index (κ2) is 7.08. The number of hydrogen-bond acceptors (Lipinski definition) is 3. The van der Waals surface area contributed by atoms with E-state index in [-0.39, 0.29) is 5.91 Å². The molecular formula is C20H24N2OS. The van der Waals surface area contributed by atoms with E-state index >= 15 is 0 Å². The van der Waals surface area contributed by atoms with Gasteiger partial charge in [0.05, 0.1) is 0 Å². The van der Waals surface area contributed by atoms with E-state index in [1.807, 2.05) is 28.4 Å². The van der Waals surface area contributed by atoms with Crippen molar-refractivity contribution in [2.24, 2.45) is 0 Å². The molecule has 0 spiro atoms. The summed E-state index contributed by atoms with van der Waals surface area (Å²) in [5, 5.41) is 2.15. The van der Waals surface area contributed by atoms with Gasteiger partial charge in [-0.1, -0.05) is 18.2 Å². The third kappa shape index (κ3) is 3.70. The molecular weight excluding hydrogens is 316 g/mol. The highest BCUT2D eigenvalue weighted by Crippen LogP contribution is 2.30. The van der Waals surface area contributed by atoms with Gasteiger partial charge >= 0.3 is 0 Å². The summed E-state index contributed by atoms with van der Waals surface area (Å²) in [6.45, 7) is 3.84. The summed E-state index contributed by atoms with van der Waals surface area (Å²) in [5.41, 5.74) is 2.13. The summed E-state index contributed by atoms with van der Waals surface area (Å²) in [6.07, 6.45) is 4.92. The molecule has 0 bridgehead atoms. The molecule has 3 nitrogen and oxygen atoms in total. The molecule has 1 aliphatic carbocycles. The minimum atomic E-state index is 0.191. The maximum Gasteiger partial charge on any atom is 0.253 e. The summed E-state index contributed by atoms with van der Waals surface area (Å²) in [4.78, 5) is 18.4. The van der Waals surface area contributed by atoms with Crippen LogP contribution in [0.2, 0.25) is 0 Å². The molecule has 2 aliphatic rings. The summed E-state index contributed by atoms with van der Waals surface area (Å²) < 4.78 is 0. The minimum Gasteiger partial charge on any atom is -0.339 e. The molecule has 126 valence electrons. The largest absolute Gasteiger partial charge is 0.339 e. The molecule has 0 N–H and O–H groups in total. The van der Waals surface area contributed by atoms with Gasteiger partial charge in [-0.05, 0) is 54.8 Å². The molecule has 1 saturated carbocycles. The van der Waals surface area contributed by atoms with Crippen LogP contribution < -0.4 is 0 Å². The van der Waals surface area contributed by atoms with Crippen LogP contribution in [0.25, 0.3) is 0 Å². The predicted octanol–water partition coefficient (Wildman–Crippen LogP) is 4.15. The number of benzene rings is 1. The van der Waals surface area contributed by atoms with E-state index in [0.29, 0.717) is 0 Å². The average molecular weight is 340 g/mol. The van der Waals surface area contributed by atoms with Gasteiger partial charge in [-0.3, -0.25) is 9.69 Å². The first-order chi connectivity index (χ1) is 11.8. The highest BCUT2D eigenvalue weighted by molar-refractivity contribution is 7.09. The van der Waals surface area contributed by atoms with Crippen LogP contribution >= 0.6 is 11.3 Å². The Balaban J connectivity index is 1.41. The molecule has 4 rings (SSSR count). The third-order valence-electron chi connectivity index (χ3n) is 4.98. The lowest BCUT2D eigenvalue weighted by Gasteiger charge is -2.21. The number of nitrogens with zero attached hydrogens (tertiary/aromatic N) is 2. The zero-order valence-electron chi connectivity index (χ0n) is 14.0. The molecule has 0 atom stereocenters. The lowest BCUT2D eigenvalue weighted by molar-refractivity contribution is 0.0793. The van der Waals surface area contributed by atoms with Gasteiger partial charge in [-0.25, -0.2) is 0 Å². The molecule has 2 fully saturated rings. The van der Waals surface area contributed by atoms with Crippen molar-refractivity contribution < 1.29 is 4.79 Å². The van der Waals surface area contributed by atoms with E-state index in [1.54, 1.807) is 0 Å². The number of carbonyl (C=O) groups excluding carboxylic acids is 1. The highest BCUT2D eigenvalue weighted by atomic mass is 32.1. The van der Waals surface area contributed by atoms with Gasteiger partial charge in [0.25, 0.3) is 5.91 Å². The fourth-order valence-corrected chi connectivity index (χ4v) is 4.18. The van der Waals surface area contributed by atoms with Crippen molar-refractivity contribution in [2.75, 3.05) is 13.1 Å². The van der Waals surface area contributed by atoms with Gasteiger partial charge in [0.2, 0.25) is 0 Å². The van der Waals surface area contributed by atoms with Gasteiger partial charge in [-0.2, -0.15) is 0 Å². The van der Waals surface area contributed by atoms with E-state index in [1.165, 1.54) is 23.3 Å². The Labute approximate surface area is 147 Å². The second-order valence-corrected chi connectivity index (χ2v) is 7.94. The van der Waals surface area contributed by atoms with E-state index in [4.69, 9.17) is 0 Å². The molecule has 0 radical (unpaired) electrons. The number of hydrogen-bond donors (Lipinski definition) is 0. The van der Waals surface area contributed by atoms with Crippen LogP contribution in [0.4, 0.5) is 0 Å². The Bertz CT molecular complexity index is 670. The van der Waals surface area contributed by atoms with Crippen molar-refractivity contribution in [3.63, 3.8) is 0 Å². The first-order valence-corrected chi connectivity index (χ1v) is 9.82. The summed E-state index contributed by atoms with van der Waals surface area (Å²) in [5.74, 6) is 0.191. The highest BCUT2D eigenvalue weighted by Gasteiger charge is 2.29. The Hall–Kier alpha value is -1.65. The summed E-state index contributed by atoms with van der Waals surface area (Å²) in [6, 6.07) is 13.4. The zero-order valence-corrected chi connectivity index (χ0v) is 14.8. The maximum absolute atomic E-state index is 12.4. The second-order valence-electron chi connectivity index (χ2n) is 6.91. The van der Waals surface area contributed by atoms with Gasteiger partial charge < -0.3 is 4.90 Å². The molecule has 2 aromatic rings. The molecule has 4 heteroatoms. The smallest absolute Gasteiger partial charge is 0.253 e. The summed E-state index contributed by atoms with van der Waals surface area (Å²) >= 11 is 1.84. The van der Waals surface area contributed by atoms with Crippen LogP contribution in [0.5, 0.6) is 0 Å². The fourth-order valence-electron chi connectivity index (χ4n) is 3.45. The molecule has 1 aromatic carbocycles. The molecule has 1 amide bonds. The Morgan fingerprint density at radius 3 is 2.46 bits per heavy atom. The quantitative estimate of drug-likeness (QED) is 0.789. The maximum atomic E-state index is 12.4. The fraction of sp³-hybridized carbons (Fsp3) is 0.450. The Kier molecular flexibility index (Phi) is 4.67. The van der Waals surface area contributed by atoms with Crippen LogP contribution in [0, 0.1) is 0 Å². The average Bonchev–Trinajstić information content (AvgIpc) is 3.09. The number of thiophene rings is 1. The Morgan fingerprint density at radius 2 is 1.83 bits per heavy atom. The number of amides is 1. The van der Waals surface area contributed by atoms with Crippen molar-refractivity contribution in [1.29, 1.82) is 0 Å². The monoisotopic (exact) mass is 340 g/mol. The zero-order chi connectivity index (χ0) is 16.4. The van der Waals surface area contributed by atoms with Crippen molar-refractivity contribution in [1.82, 2.24) is 9.80 Å². The SMILES string of the molecule is O=C(c1ccc(CN(Cc2cccs2)C2CC2)cc1)N1CCCC1. The predicted molar refractivity (Wildman–Crippen MR) is 98.2 cm³/mol. The first-order valence-electron chi connectivity index (χ1n) is 8.94. The van der Waals surface area contributed by atoms with E-state index in [0.717, 1.165) is 50.6 Å². The third-order valence-corrected chi connectivity index (χ3v) is 5.84. The standard InChI is InChI=1S/C20H24N2OS/c23-20(21-11-1-2-12-21)17-7-5-16(6-8-17)14-22(18-9-10-18)15-19-4-3-13-24-19/h3-8,13,18H,1-2,9-12,14-15H2. The normalized spacial score (nSPS) is 17.6.